The molecule has 9 heteroatoms. The Labute approximate surface area is 172 Å². The Balaban J connectivity index is 1.62. The van der Waals surface area contributed by atoms with Gasteiger partial charge in [-0.3, -0.25) is 14.7 Å². The number of nitrogens with one attached hydrogen (secondary N) is 2. The van der Waals surface area contributed by atoms with Gasteiger partial charge in [0.25, 0.3) is 0 Å². The number of amides is 2. The van der Waals surface area contributed by atoms with Crippen molar-refractivity contribution in [3.05, 3.63) is 65.3 Å². The Kier molecular flexibility index (Phi) is 6.70. The number of para-hydroxylation sites is 1. The number of anilines is 2. The summed E-state index contributed by atoms with van der Waals surface area (Å²) >= 11 is 5.92. The summed E-state index contributed by atoms with van der Waals surface area (Å²) in [6.07, 6.45) is 1.56. The molecule has 2 amide bonds. The second-order valence-corrected chi connectivity index (χ2v) is 6.45. The summed E-state index contributed by atoms with van der Waals surface area (Å²) in [7, 11) is 0. The third-order valence-electron chi connectivity index (χ3n) is 3.92. The molecule has 3 aromatic rings. The van der Waals surface area contributed by atoms with Crippen molar-refractivity contribution in [3.63, 3.8) is 0 Å². The van der Waals surface area contributed by atoms with Crippen LogP contribution in [-0.4, -0.2) is 28.7 Å². The van der Waals surface area contributed by atoms with Crippen LogP contribution in [0.5, 0.6) is 11.8 Å². The molecule has 0 atom stereocenters. The van der Waals surface area contributed by atoms with E-state index in [9.17, 15) is 9.59 Å². The number of ether oxygens (including phenoxy) is 2. The topological polar surface area (TPSA) is 94.5 Å². The number of carbonyl (C=O) groups is 2. The monoisotopic (exact) mass is 414 g/mol. The van der Waals surface area contributed by atoms with Crippen molar-refractivity contribution >= 4 is 35.6 Å². The van der Waals surface area contributed by atoms with Crippen LogP contribution in [0.15, 0.2) is 54.7 Å². The average Bonchev–Trinajstić information content (AvgIpc) is 3.06. The highest BCUT2D eigenvalue weighted by atomic mass is 35.5. The van der Waals surface area contributed by atoms with Crippen LogP contribution in [0, 0.1) is 6.92 Å². The lowest BCUT2D eigenvalue weighted by Gasteiger charge is -2.08. The number of halogens is 1. The number of urea groups is 1. The van der Waals surface area contributed by atoms with Crippen LogP contribution in [0.2, 0.25) is 5.02 Å². The van der Waals surface area contributed by atoms with Gasteiger partial charge in [-0.05, 0) is 42.8 Å². The second kappa shape index (κ2) is 9.61. The number of benzene rings is 2. The molecule has 0 saturated heterocycles. The van der Waals surface area contributed by atoms with Crippen LogP contribution < -0.4 is 20.1 Å². The van der Waals surface area contributed by atoms with E-state index in [-0.39, 0.29) is 18.3 Å². The first-order valence-corrected chi connectivity index (χ1v) is 9.12. The maximum Gasteiger partial charge on any atom is 0.324 e. The van der Waals surface area contributed by atoms with Crippen molar-refractivity contribution < 1.29 is 19.1 Å². The Morgan fingerprint density at radius 3 is 2.72 bits per heavy atom. The lowest BCUT2D eigenvalue weighted by molar-refractivity contribution is -0.121. The molecular weight excluding hydrogens is 396 g/mol. The van der Waals surface area contributed by atoms with E-state index in [2.05, 4.69) is 15.6 Å². The van der Waals surface area contributed by atoms with E-state index in [0.29, 0.717) is 23.9 Å². The molecule has 2 N–H and O–H groups in total. The first kappa shape index (κ1) is 20.2. The first-order chi connectivity index (χ1) is 14.0. The van der Waals surface area contributed by atoms with Crippen LogP contribution in [0.3, 0.4) is 0 Å². The largest absolute Gasteiger partial charge is 0.492 e. The van der Waals surface area contributed by atoms with E-state index in [0.717, 1.165) is 11.3 Å². The normalized spacial score (nSPS) is 10.3. The Morgan fingerprint density at radius 2 is 2.00 bits per heavy atom. The van der Waals surface area contributed by atoms with E-state index in [1.807, 2.05) is 37.3 Å². The lowest BCUT2D eigenvalue weighted by atomic mass is 10.2. The molecule has 1 heterocycles. The van der Waals surface area contributed by atoms with Crippen molar-refractivity contribution in [1.29, 1.82) is 0 Å². The van der Waals surface area contributed by atoms with Crippen molar-refractivity contribution in [2.75, 3.05) is 17.2 Å². The predicted octanol–water partition coefficient (Wildman–Crippen LogP) is 4.10. The predicted molar refractivity (Wildman–Crippen MR) is 110 cm³/mol. The molecule has 0 saturated carbocycles. The fraction of sp³-hybridized carbons (Fsp3) is 0.150. The van der Waals surface area contributed by atoms with E-state index < -0.39 is 6.03 Å². The molecule has 150 valence electrons. The van der Waals surface area contributed by atoms with Crippen molar-refractivity contribution in [1.82, 2.24) is 9.55 Å². The number of aryl methyl sites for hydroxylation is 1. The Bertz CT molecular complexity index is 991. The summed E-state index contributed by atoms with van der Waals surface area (Å²) < 4.78 is 12.1. The molecule has 3 rings (SSSR count). The van der Waals surface area contributed by atoms with Crippen molar-refractivity contribution in [2.45, 2.75) is 13.5 Å². The molecule has 0 aliphatic rings. The quantitative estimate of drug-likeness (QED) is 0.541. The lowest BCUT2D eigenvalue weighted by Crippen LogP contribution is -2.20. The molecule has 0 radical (unpaired) electrons. The van der Waals surface area contributed by atoms with E-state index in [1.54, 1.807) is 29.0 Å². The van der Waals surface area contributed by atoms with Gasteiger partial charge in [0.15, 0.2) is 5.82 Å². The molecule has 8 nitrogen and oxygen atoms in total. The minimum atomic E-state index is -0.488. The van der Waals surface area contributed by atoms with Gasteiger partial charge >= 0.3 is 18.5 Å². The SMILES string of the molecule is Cc1cc(Cl)ccc1NC(=O)Nc1cn(CCOc2ccccc2)c(OC=O)n1. The summed E-state index contributed by atoms with van der Waals surface area (Å²) in [5, 5.41) is 5.91. The highest BCUT2D eigenvalue weighted by Gasteiger charge is 2.13. The third kappa shape index (κ3) is 5.73. The fourth-order valence-electron chi connectivity index (χ4n) is 2.57. The standard InChI is InChI=1S/C20H19ClN4O4/c1-14-11-15(21)7-8-17(14)22-19(27)23-18-12-25(20(24-18)29-13-26)9-10-28-16-5-3-2-4-6-16/h2-8,11-13H,9-10H2,1H3,(H2,22,23,27). The Hall–Kier alpha value is -3.52. The maximum atomic E-state index is 12.3. The van der Waals surface area contributed by atoms with Crippen LogP contribution in [0.1, 0.15) is 5.56 Å². The van der Waals surface area contributed by atoms with Crippen molar-refractivity contribution in [2.24, 2.45) is 0 Å². The number of carbonyl (C=O) groups excluding carboxylic acids is 2. The minimum absolute atomic E-state index is 0.0506. The number of hydrogen-bond acceptors (Lipinski definition) is 5. The van der Waals surface area contributed by atoms with Crippen LogP contribution in [0.25, 0.3) is 0 Å². The van der Waals surface area contributed by atoms with Gasteiger partial charge in [-0.2, -0.15) is 4.98 Å². The minimum Gasteiger partial charge on any atom is -0.492 e. The van der Waals surface area contributed by atoms with Crippen LogP contribution in [-0.2, 0) is 11.3 Å². The zero-order valence-corrected chi connectivity index (χ0v) is 16.3. The summed E-state index contributed by atoms with van der Waals surface area (Å²) in [5.41, 5.74) is 1.44. The van der Waals surface area contributed by atoms with Gasteiger partial charge in [-0.25, -0.2) is 4.79 Å². The second-order valence-electron chi connectivity index (χ2n) is 6.02. The summed E-state index contributed by atoms with van der Waals surface area (Å²) in [5.74, 6) is 0.951. The zero-order chi connectivity index (χ0) is 20.6. The van der Waals surface area contributed by atoms with Gasteiger partial charge in [0.2, 0.25) is 0 Å². The van der Waals surface area contributed by atoms with Crippen LogP contribution in [0.4, 0.5) is 16.3 Å². The molecule has 29 heavy (non-hydrogen) atoms. The average molecular weight is 415 g/mol. The maximum absolute atomic E-state index is 12.3. The number of nitrogens with zero attached hydrogens (tertiary/aromatic N) is 2. The molecular formula is C20H19ClN4O4. The molecule has 0 fully saturated rings. The molecule has 0 spiro atoms. The number of rotatable bonds is 8. The summed E-state index contributed by atoms with van der Waals surface area (Å²) in [6.45, 7) is 2.80. The van der Waals surface area contributed by atoms with Gasteiger partial charge in [0.05, 0.1) is 12.7 Å². The van der Waals surface area contributed by atoms with Gasteiger partial charge in [-0.1, -0.05) is 29.8 Å². The molecule has 0 aliphatic carbocycles. The molecule has 0 aliphatic heterocycles. The highest BCUT2D eigenvalue weighted by Crippen LogP contribution is 2.20. The highest BCUT2D eigenvalue weighted by molar-refractivity contribution is 6.30. The van der Waals surface area contributed by atoms with Gasteiger partial charge < -0.3 is 14.8 Å². The van der Waals surface area contributed by atoms with Gasteiger partial charge in [0.1, 0.15) is 12.4 Å². The fourth-order valence-corrected chi connectivity index (χ4v) is 2.80. The summed E-state index contributed by atoms with van der Waals surface area (Å²) in [4.78, 5) is 27.1. The number of hydrogen-bond donors (Lipinski definition) is 2. The third-order valence-corrected chi connectivity index (χ3v) is 4.15. The van der Waals surface area contributed by atoms with E-state index >= 15 is 0 Å². The molecule has 0 bridgehead atoms. The van der Waals surface area contributed by atoms with Crippen LogP contribution >= 0.6 is 11.6 Å². The first-order valence-electron chi connectivity index (χ1n) is 8.74. The zero-order valence-electron chi connectivity index (χ0n) is 15.6. The van der Waals surface area contributed by atoms with Crippen molar-refractivity contribution in [3.8, 4) is 11.8 Å². The van der Waals surface area contributed by atoms with E-state index in [1.165, 1.54) is 0 Å². The Morgan fingerprint density at radius 1 is 1.21 bits per heavy atom. The number of aromatic nitrogens is 2. The molecule has 0 unspecified atom stereocenters. The number of imidazole rings is 1. The van der Waals surface area contributed by atoms with Gasteiger partial charge in [-0.15, -0.1) is 0 Å². The van der Waals surface area contributed by atoms with Gasteiger partial charge in [0, 0.05) is 10.7 Å². The summed E-state index contributed by atoms with van der Waals surface area (Å²) in [6, 6.07) is 14.0. The van der Waals surface area contributed by atoms with E-state index in [4.69, 9.17) is 21.1 Å². The molecule has 2 aromatic carbocycles. The smallest absolute Gasteiger partial charge is 0.324 e. The molecule has 1 aromatic heterocycles.